The number of anilines is 1. The van der Waals surface area contributed by atoms with Gasteiger partial charge in [-0.15, -0.1) is 0 Å². The van der Waals surface area contributed by atoms with Gasteiger partial charge in [0.25, 0.3) is 5.91 Å². The van der Waals surface area contributed by atoms with Crippen LogP contribution >= 0.6 is 0 Å². The first-order valence-electron chi connectivity index (χ1n) is 8.99. The second-order valence-electron chi connectivity index (χ2n) is 6.64. The van der Waals surface area contributed by atoms with Crippen LogP contribution in [0.4, 0.5) is 10.1 Å². The van der Waals surface area contributed by atoms with Crippen LogP contribution in [-0.2, 0) is 0 Å². The smallest absolute Gasteiger partial charge is 0.291 e. The number of imidazole rings is 1. The van der Waals surface area contributed by atoms with E-state index in [2.05, 4.69) is 15.3 Å². The average molecular weight is 386 g/mol. The maximum absolute atomic E-state index is 13.9. The molecule has 0 aliphatic rings. The van der Waals surface area contributed by atoms with E-state index in [1.807, 2.05) is 28.8 Å². The first-order valence-corrected chi connectivity index (χ1v) is 8.99. The van der Waals surface area contributed by atoms with E-state index in [0.717, 1.165) is 11.0 Å². The van der Waals surface area contributed by atoms with Gasteiger partial charge in [-0.1, -0.05) is 24.3 Å². The lowest BCUT2D eigenvalue weighted by Crippen LogP contribution is -2.12. The Balaban J connectivity index is 1.42. The Labute approximate surface area is 164 Å². The minimum absolute atomic E-state index is 0.0785. The van der Waals surface area contributed by atoms with Crippen molar-refractivity contribution in [2.24, 2.45) is 0 Å². The molecular formula is C22H15FN4O2. The number of hydrogen-bond acceptors (Lipinski definition) is 4. The number of halogens is 1. The van der Waals surface area contributed by atoms with Gasteiger partial charge in [0.15, 0.2) is 17.2 Å². The topological polar surface area (TPSA) is 73.0 Å². The zero-order valence-corrected chi connectivity index (χ0v) is 15.4. The van der Waals surface area contributed by atoms with E-state index < -0.39 is 11.7 Å². The molecule has 29 heavy (non-hydrogen) atoms. The minimum Gasteiger partial charge on any atom is -0.448 e. The van der Waals surface area contributed by atoms with Gasteiger partial charge in [-0.25, -0.2) is 14.4 Å². The van der Waals surface area contributed by atoms with E-state index in [0.29, 0.717) is 22.5 Å². The summed E-state index contributed by atoms with van der Waals surface area (Å²) in [5, 5.41) is 3.33. The summed E-state index contributed by atoms with van der Waals surface area (Å²) in [5.74, 6) is -0.197. The number of aromatic nitrogens is 3. The molecule has 0 unspecified atom stereocenters. The van der Waals surface area contributed by atoms with E-state index in [4.69, 9.17) is 4.42 Å². The highest BCUT2D eigenvalue weighted by atomic mass is 19.1. The number of pyridine rings is 1. The summed E-state index contributed by atoms with van der Waals surface area (Å²) in [6.07, 6.45) is 3.26. The van der Waals surface area contributed by atoms with Crippen molar-refractivity contribution in [1.29, 1.82) is 0 Å². The van der Waals surface area contributed by atoms with Gasteiger partial charge in [0.1, 0.15) is 12.1 Å². The molecule has 0 aliphatic heterocycles. The molecule has 0 saturated carbocycles. The quantitative estimate of drug-likeness (QED) is 0.480. The molecule has 0 aliphatic carbocycles. The number of para-hydroxylation sites is 3. The van der Waals surface area contributed by atoms with Crippen molar-refractivity contribution in [3.63, 3.8) is 0 Å². The van der Waals surface area contributed by atoms with Crippen LogP contribution in [0.2, 0.25) is 0 Å². The van der Waals surface area contributed by atoms with Gasteiger partial charge < -0.3 is 9.73 Å². The number of fused-ring (bicyclic) bond motifs is 2. The van der Waals surface area contributed by atoms with Crippen LogP contribution in [-0.4, -0.2) is 20.4 Å². The van der Waals surface area contributed by atoms with E-state index in [1.165, 1.54) is 6.07 Å². The number of benzene rings is 2. The van der Waals surface area contributed by atoms with Gasteiger partial charge >= 0.3 is 0 Å². The van der Waals surface area contributed by atoms with Crippen LogP contribution in [0.1, 0.15) is 16.1 Å². The normalized spacial score (nSPS) is 11.2. The fourth-order valence-corrected chi connectivity index (χ4v) is 3.36. The Hall–Kier alpha value is -4.00. The number of carbonyl (C=O) groups excluding carboxylic acids is 1. The third-order valence-electron chi connectivity index (χ3n) is 4.83. The zero-order chi connectivity index (χ0) is 20.0. The van der Waals surface area contributed by atoms with Gasteiger partial charge in [-0.3, -0.25) is 9.36 Å². The van der Waals surface area contributed by atoms with E-state index >= 15 is 0 Å². The van der Waals surface area contributed by atoms with Gasteiger partial charge in [0.05, 0.1) is 22.9 Å². The molecule has 142 valence electrons. The van der Waals surface area contributed by atoms with Crippen molar-refractivity contribution in [3.05, 3.63) is 84.3 Å². The number of hydrogen-bond donors (Lipinski definition) is 1. The molecule has 0 radical (unpaired) electrons. The third kappa shape index (κ3) is 2.84. The molecule has 7 heteroatoms. The highest BCUT2D eigenvalue weighted by molar-refractivity contribution is 6.06. The van der Waals surface area contributed by atoms with Crippen molar-refractivity contribution in [1.82, 2.24) is 14.5 Å². The maximum atomic E-state index is 13.9. The van der Waals surface area contributed by atoms with Crippen LogP contribution in [0.5, 0.6) is 0 Å². The SMILES string of the molecule is Cc1c(C(=O)Nc2ccc(-n3cnc4ccccc43)nc2)oc2c(F)cccc12. The summed E-state index contributed by atoms with van der Waals surface area (Å²) in [4.78, 5) is 21.4. The van der Waals surface area contributed by atoms with Crippen molar-refractivity contribution in [2.75, 3.05) is 5.32 Å². The third-order valence-corrected chi connectivity index (χ3v) is 4.83. The Morgan fingerprint density at radius 3 is 2.72 bits per heavy atom. The molecule has 0 spiro atoms. The first-order chi connectivity index (χ1) is 14.1. The van der Waals surface area contributed by atoms with Crippen LogP contribution in [0.25, 0.3) is 27.8 Å². The molecule has 5 aromatic rings. The number of carbonyl (C=O) groups is 1. The average Bonchev–Trinajstić information content (AvgIpc) is 3.31. The molecule has 3 heterocycles. The van der Waals surface area contributed by atoms with Crippen LogP contribution in [0.15, 0.2) is 71.5 Å². The number of rotatable bonds is 3. The second-order valence-corrected chi connectivity index (χ2v) is 6.64. The van der Waals surface area contributed by atoms with Crippen molar-refractivity contribution in [2.45, 2.75) is 6.92 Å². The Morgan fingerprint density at radius 1 is 1.07 bits per heavy atom. The monoisotopic (exact) mass is 386 g/mol. The largest absolute Gasteiger partial charge is 0.448 e. The minimum atomic E-state index is -0.497. The fraction of sp³-hybridized carbons (Fsp3) is 0.0455. The molecule has 1 N–H and O–H groups in total. The second kappa shape index (κ2) is 6.56. The Bertz CT molecular complexity index is 1370. The highest BCUT2D eigenvalue weighted by Crippen LogP contribution is 2.28. The standard InChI is InChI=1S/C22H15FN4O2/c1-13-15-5-4-6-16(23)21(15)29-20(13)22(28)26-14-9-10-19(24-11-14)27-12-25-17-7-2-3-8-18(17)27/h2-12H,1H3,(H,26,28). The van der Waals surface area contributed by atoms with Crippen LogP contribution < -0.4 is 5.32 Å². The van der Waals surface area contributed by atoms with Gasteiger partial charge in [-0.05, 0) is 37.3 Å². The number of furan rings is 1. The Kier molecular flexibility index (Phi) is 3.87. The number of amides is 1. The van der Waals surface area contributed by atoms with Gasteiger partial charge in [0, 0.05) is 10.9 Å². The van der Waals surface area contributed by atoms with Crippen LogP contribution in [0.3, 0.4) is 0 Å². The predicted octanol–water partition coefficient (Wildman–Crippen LogP) is 4.87. The number of aryl methyl sites for hydroxylation is 1. The zero-order valence-electron chi connectivity index (χ0n) is 15.4. The van der Waals surface area contributed by atoms with Crippen LogP contribution in [0, 0.1) is 12.7 Å². The predicted molar refractivity (Wildman–Crippen MR) is 108 cm³/mol. The molecule has 0 saturated heterocycles. The number of nitrogens with one attached hydrogen (secondary N) is 1. The molecule has 0 atom stereocenters. The molecule has 6 nitrogen and oxygen atoms in total. The van der Waals surface area contributed by atoms with E-state index in [9.17, 15) is 9.18 Å². The van der Waals surface area contributed by atoms with E-state index in [1.54, 1.807) is 43.7 Å². The summed E-state index contributed by atoms with van der Waals surface area (Å²) >= 11 is 0. The molecule has 2 aromatic carbocycles. The molecule has 1 amide bonds. The lowest BCUT2D eigenvalue weighted by molar-refractivity contribution is 0.0997. The highest BCUT2D eigenvalue weighted by Gasteiger charge is 2.19. The molecule has 3 aromatic heterocycles. The molecule has 0 fully saturated rings. The Morgan fingerprint density at radius 2 is 1.93 bits per heavy atom. The van der Waals surface area contributed by atoms with Crippen molar-refractivity contribution >= 4 is 33.6 Å². The van der Waals surface area contributed by atoms with Gasteiger partial charge in [0.2, 0.25) is 0 Å². The van der Waals surface area contributed by atoms with Crippen molar-refractivity contribution in [3.8, 4) is 5.82 Å². The van der Waals surface area contributed by atoms with Gasteiger partial charge in [-0.2, -0.15) is 0 Å². The maximum Gasteiger partial charge on any atom is 0.291 e. The first kappa shape index (κ1) is 17.1. The van der Waals surface area contributed by atoms with Crippen molar-refractivity contribution < 1.29 is 13.6 Å². The summed E-state index contributed by atoms with van der Waals surface area (Å²) < 4.78 is 21.3. The lowest BCUT2D eigenvalue weighted by atomic mass is 10.1. The molecule has 0 bridgehead atoms. The summed E-state index contributed by atoms with van der Waals surface area (Å²) in [6, 6.07) is 15.9. The summed E-state index contributed by atoms with van der Waals surface area (Å²) in [5.41, 5.74) is 2.99. The number of nitrogens with zero attached hydrogens (tertiary/aromatic N) is 3. The molecular weight excluding hydrogens is 371 g/mol. The lowest BCUT2D eigenvalue weighted by Gasteiger charge is -2.06. The molecule has 5 rings (SSSR count). The summed E-state index contributed by atoms with van der Waals surface area (Å²) in [7, 11) is 0. The fourth-order valence-electron chi connectivity index (χ4n) is 3.36. The van der Waals surface area contributed by atoms with E-state index in [-0.39, 0.29) is 11.3 Å². The summed E-state index contributed by atoms with van der Waals surface area (Å²) in [6.45, 7) is 1.73.